The monoisotopic (exact) mass is 349 g/mol. The minimum atomic E-state index is -1.60. The van der Waals surface area contributed by atoms with Crippen molar-refractivity contribution in [3.63, 3.8) is 0 Å². The zero-order chi connectivity index (χ0) is 18.2. The van der Waals surface area contributed by atoms with Crippen LogP contribution in [0.15, 0.2) is 53.7 Å². The molecule has 1 heterocycles. The molecule has 0 aromatic heterocycles. The lowest BCUT2D eigenvalue weighted by Crippen LogP contribution is -2.45. The number of fused-ring (bicyclic) bond motifs is 1. The summed E-state index contributed by atoms with van der Waals surface area (Å²) in [5.41, 5.74) is 2.25. The quantitative estimate of drug-likeness (QED) is 0.856. The van der Waals surface area contributed by atoms with E-state index in [0.29, 0.717) is 17.7 Å². The number of hydrogen-bond acceptors (Lipinski definition) is 3. The fourth-order valence-electron chi connectivity index (χ4n) is 3.22. The lowest BCUT2D eigenvalue weighted by Gasteiger charge is -2.28. The van der Waals surface area contributed by atoms with E-state index in [1.807, 2.05) is 49.4 Å². The maximum Gasteiger partial charge on any atom is 0.254 e. The van der Waals surface area contributed by atoms with Gasteiger partial charge in [0.2, 0.25) is 0 Å². The maximum absolute atomic E-state index is 13.0. The number of nitrogens with zero attached hydrogens (tertiary/aromatic N) is 2. The predicted octanol–water partition coefficient (Wildman–Crippen LogP) is 3.89. The SMILES string of the molecule is CC1C(N[Si](C)(C)C)=C(C#N)CN1C(=O)c1ccc2ccccc2c1. The van der Waals surface area contributed by atoms with Crippen LogP contribution in [0.4, 0.5) is 0 Å². The van der Waals surface area contributed by atoms with Gasteiger partial charge in [0.15, 0.2) is 0 Å². The minimum absolute atomic E-state index is 0.0293. The average molecular weight is 350 g/mol. The average Bonchev–Trinajstić information content (AvgIpc) is 2.88. The van der Waals surface area contributed by atoms with E-state index in [4.69, 9.17) is 0 Å². The number of carbonyl (C=O) groups is 1. The van der Waals surface area contributed by atoms with Gasteiger partial charge in [0, 0.05) is 11.3 Å². The van der Waals surface area contributed by atoms with Crippen molar-refractivity contribution in [2.45, 2.75) is 32.6 Å². The molecule has 4 nitrogen and oxygen atoms in total. The summed E-state index contributed by atoms with van der Waals surface area (Å²) in [5, 5.41) is 11.7. The fraction of sp³-hybridized carbons (Fsp3) is 0.300. The predicted molar refractivity (Wildman–Crippen MR) is 104 cm³/mol. The summed E-state index contributed by atoms with van der Waals surface area (Å²) in [4.78, 5) is 18.4. The van der Waals surface area contributed by atoms with Gasteiger partial charge in [0.1, 0.15) is 8.24 Å². The molecular weight excluding hydrogens is 326 g/mol. The van der Waals surface area contributed by atoms with Gasteiger partial charge in [0.25, 0.3) is 5.91 Å². The molecule has 0 spiro atoms. The summed E-state index contributed by atoms with van der Waals surface area (Å²) in [6.45, 7) is 8.93. The van der Waals surface area contributed by atoms with E-state index in [1.165, 1.54) is 0 Å². The molecule has 1 unspecified atom stereocenters. The van der Waals surface area contributed by atoms with Crippen LogP contribution >= 0.6 is 0 Å². The molecule has 1 N–H and O–H groups in total. The molecular formula is C20H23N3OSi. The van der Waals surface area contributed by atoms with Crippen molar-refractivity contribution in [2.24, 2.45) is 0 Å². The Morgan fingerprint density at radius 2 is 1.88 bits per heavy atom. The Balaban J connectivity index is 1.89. The van der Waals surface area contributed by atoms with E-state index in [2.05, 4.69) is 30.7 Å². The third-order valence-electron chi connectivity index (χ3n) is 4.44. The zero-order valence-electron chi connectivity index (χ0n) is 15.1. The van der Waals surface area contributed by atoms with Crippen LogP contribution in [-0.4, -0.2) is 31.6 Å². The zero-order valence-corrected chi connectivity index (χ0v) is 16.1. The topological polar surface area (TPSA) is 56.1 Å². The number of hydrogen-bond donors (Lipinski definition) is 1. The summed E-state index contributed by atoms with van der Waals surface area (Å²) < 4.78 is 0. The molecule has 128 valence electrons. The Bertz CT molecular complexity index is 905. The Kier molecular flexibility index (Phi) is 4.40. The molecule has 5 heteroatoms. The highest BCUT2D eigenvalue weighted by molar-refractivity contribution is 6.74. The van der Waals surface area contributed by atoms with E-state index in [1.54, 1.807) is 4.90 Å². The van der Waals surface area contributed by atoms with Crippen molar-refractivity contribution in [1.82, 2.24) is 9.88 Å². The van der Waals surface area contributed by atoms with Gasteiger partial charge < -0.3 is 9.88 Å². The van der Waals surface area contributed by atoms with Crippen molar-refractivity contribution in [2.75, 3.05) is 6.54 Å². The van der Waals surface area contributed by atoms with E-state index in [9.17, 15) is 10.1 Å². The van der Waals surface area contributed by atoms with E-state index in [-0.39, 0.29) is 11.9 Å². The molecule has 0 saturated carbocycles. The molecule has 0 fully saturated rings. The summed E-state index contributed by atoms with van der Waals surface area (Å²) in [6, 6.07) is 16.0. The molecule has 1 amide bonds. The Hall–Kier alpha value is -2.58. The van der Waals surface area contributed by atoms with Gasteiger partial charge in [-0.3, -0.25) is 4.79 Å². The molecule has 1 aliphatic heterocycles. The molecule has 0 bridgehead atoms. The number of amides is 1. The fourth-order valence-corrected chi connectivity index (χ4v) is 4.38. The van der Waals surface area contributed by atoms with E-state index in [0.717, 1.165) is 16.5 Å². The van der Waals surface area contributed by atoms with Gasteiger partial charge in [-0.1, -0.05) is 50.0 Å². The normalized spacial score (nSPS) is 17.7. The molecule has 25 heavy (non-hydrogen) atoms. The van der Waals surface area contributed by atoms with Crippen molar-refractivity contribution in [3.8, 4) is 6.07 Å². The second-order valence-electron chi connectivity index (χ2n) is 7.55. The summed E-state index contributed by atoms with van der Waals surface area (Å²) in [6.07, 6.45) is 0. The summed E-state index contributed by atoms with van der Waals surface area (Å²) in [7, 11) is -1.60. The van der Waals surface area contributed by atoms with Crippen LogP contribution in [0.2, 0.25) is 19.6 Å². The van der Waals surface area contributed by atoms with Gasteiger partial charge in [-0.05, 0) is 29.8 Å². The van der Waals surface area contributed by atoms with Gasteiger partial charge in [-0.25, -0.2) is 0 Å². The maximum atomic E-state index is 13.0. The number of rotatable bonds is 3. The van der Waals surface area contributed by atoms with Crippen molar-refractivity contribution in [1.29, 1.82) is 5.26 Å². The Morgan fingerprint density at radius 1 is 1.20 bits per heavy atom. The van der Waals surface area contributed by atoms with Gasteiger partial charge in [-0.15, -0.1) is 0 Å². The molecule has 1 aliphatic rings. The van der Waals surface area contributed by atoms with Gasteiger partial charge >= 0.3 is 0 Å². The highest BCUT2D eigenvalue weighted by Gasteiger charge is 2.35. The van der Waals surface area contributed by atoms with Crippen molar-refractivity contribution < 1.29 is 4.79 Å². The van der Waals surface area contributed by atoms with E-state index >= 15 is 0 Å². The molecule has 0 radical (unpaired) electrons. The van der Waals surface area contributed by atoms with Crippen LogP contribution in [0, 0.1) is 11.3 Å². The van der Waals surface area contributed by atoms with Crippen LogP contribution in [0.25, 0.3) is 10.8 Å². The number of nitrogens with one attached hydrogen (secondary N) is 1. The molecule has 1 atom stereocenters. The van der Waals surface area contributed by atoms with Gasteiger partial charge in [0.05, 0.1) is 24.2 Å². The minimum Gasteiger partial charge on any atom is -0.412 e. The number of carbonyl (C=O) groups excluding carboxylic acids is 1. The molecule has 0 saturated heterocycles. The molecule has 2 aromatic rings. The van der Waals surface area contributed by atoms with Crippen LogP contribution in [0.5, 0.6) is 0 Å². The largest absolute Gasteiger partial charge is 0.412 e. The van der Waals surface area contributed by atoms with Crippen molar-refractivity contribution in [3.05, 3.63) is 59.3 Å². The second kappa shape index (κ2) is 6.38. The van der Waals surface area contributed by atoms with Crippen LogP contribution in [0.3, 0.4) is 0 Å². The van der Waals surface area contributed by atoms with Gasteiger partial charge in [-0.2, -0.15) is 5.26 Å². The number of benzene rings is 2. The Labute approximate surface area is 149 Å². The second-order valence-corrected chi connectivity index (χ2v) is 12.3. The highest BCUT2D eigenvalue weighted by Crippen LogP contribution is 2.26. The third kappa shape index (κ3) is 3.44. The molecule has 0 aliphatic carbocycles. The third-order valence-corrected chi connectivity index (χ3v) is 5.46. The van der Waals surface area contributed by atoms with E-state index < -0.39 is 8.24 Å². The first-order valence-electron chi connectivity index (χ1n) is 8.51. The molecule has 3 rings (SSSR count). The summed E-state index contributed by atoms with van der Waals surface area (Å²) in [5.74, 6) is -0.0293. The first-order chi connectivity index (χ1) is 11.8. The first-order valence-corrected chi connectivity index (χ1v) is 12.0. The van der Waals surface area contributed by atoms with Crippen LogP contribution in [0.1, 0.15) is 17.3 Å². The first kappa shape index (κ1) is 17.2. The highest BCUT2D eigenvalue weighted by atomic mass is 28.3. The molecule has 2 aromatic carbocycles. The van der Waals surface area contributed by atoms with Crippen LogP contribution < -0.4 is 4.98 Å². The Morgan fingerprint density at radius 3 is 2.52 bits per heavy atom. The summed E-state index contributed by atoms with van der Waals surface area (Å²) >= 11 is 0. The number of nitriles is 1. The van der Waals surface area contributed by atoms with Crippen LogP contribution in [-0.2, 0) is 0 Å². The lowest BCUT2D eigenvalue weighted by atomic mass is 10.1. The smallest absolute Gasteiger partial charge is 0.254 e. The lowest BCUT2D eigenvalue weighted by molar-refractivity contribution is 0.0752. The standard InChI is InChI=1S/C20H23N3OSi/c1-14-19(22-25(2,3)4)18(12-21)13-23(14)20(24)17-10-9-15-7-5-6-8-16(15)11-17/h5-11,14,22H,13H2,1-4H3. The van der Waals surface area contributed by atoms with Crippen molar-refractivity contribution >= 4 is 24.9 Å².